The predicted molar refractivity (Wildman–Crippen MR) is 244 cm³/mol. The number of nitrogens with zero attached hydrogens (tertiary/aromatic N) is 6. The van der Waals surface area contributed by atoms with E-state index in [2.05, 4.69) is 102 Å². The fourth-order valence-corrected chi connectivity index (χ4v) is 8.33. The zero-order chi connectivity index (χ0) is 41.9. The fourth-order valence-electron chi connectivity index (χ4n) is 8.33. The molecule has 8 heteroatoms. The van der Waals surface area contributed by atoms with Crippen LogP contribution in [-0.4, -0.2) is 29.1 Å². The van der Waals surface area contributed by atoms with Gasteiger partial charge in [0.05, 0.1) is 46.7 Å². The number of aromatic nitrogens is 6. The van der Waals surface area contributed by atoms with E-state index in [-0.39, 0.29) is 6.17 Å². The molecule has 0 amide bonds. The van der Waals surface area contributed by atoms with Gasteiger partial charge in [-0.05, 0) is 117 Å². The molecule has 5 aromatic heterocycles. The first-order valence-corrected chi connectivity index (χ1v) is 20.2. The van der Waals surface area contributed by atoms with Crippen molar-refractivity contribution in [1.82, 2.24) is 29.1 Å². The molecule has 11 rings (SSSR count). The topological polar surface area (TPSA) is 79.9 Å². The summed E-state index contributed by atoms with van der Waals surface area (Å²) in [5, 5.41) is 4.53. The minimum atomic E-state index is 0.0636. The molecule has 0 fully saturated rings. The Morgan fingerprint density at radius 2 is 0.934 bits per heavy atom. The van der Waals surface area contributed by atoms with Gasteiger partial charge in [-0.2, -0.15) is 0 Å². The Bertz CT molecular complexity index is 3320. The third kappa shape index (κ3) is 6.51. The van der Waals surface area contributed by atoms with Crippen molar-refractivity contribution in [1.29, 1.82) is 0 Å². The van der Waals surface area contributed by atoms with Crippen LogP contribution in [0.3, 0.4) is 0 Å². The SMILES string of the molecule is [2H]c1nc(-c2cccc(Oc3ccc4c5ccccc5n(-c5cc(C)ccn5)c4c3)c2)c(C)nc1-c1cccc(Oc2ccc3c4ccccc4n(-c4cc(C)ccn4)c3c2)c1. The van der Waals surface area contributed by atoms with Crippen molar-refractivity contribution in [2.75, 3.05) is 0 Å². The van der Waals surface area contributed by atoms with Crippen LogP contribution in [0.25, 0.3) is 77.8 Å². The molecule has 6 aromatic carbocycles. The van der Waals surface area contributed by atoms with Crippen LogP contribution >= 0.6 is 0 Å². The van der Waals surface area contributed by atoms with Gasteiger partial charge in [0.1, 0.15) is 34.6 Å². The molecule has 0 spiro atoms. The summed E-state index contributed by atoms with van der Waals surface area (Å²) >= 11 is 0. The molecule has 5 heterocycles. The van der Waals surface area contributed by atoms with E-state index in [0.29, 0.717) is 40.1 Å². The van der Waals surface area contributed by atoms with Crippen molar-refractivity contribution in [3.8, 4) is 57.1 Å². The van der Waals surface area contributed by atoms with Crippen molar-refractivity contribution in [2.24, 2.45) is 0 Å². The number of hydrogen-bond donors (Lipinski definition) is 0. The average molecular weight is 792 g/mol. The van der Waals surface area contributed by atoms with Gasteiger partial charge < -0.3 is 9.47 Å². The average Bonchev–Trinajstić information content (AvgIpc) is 3.79. The molecule has 0 N–H and O–H groups in total. The van der Waals surface area contributed by atoms with Crippen LogP contribution in [0.4, 0.5) is 0 Å². The Morgan fingerprint density at radius 1 is 0.443 bits per heavy atom. The standard InChI is InChI=1S/C53H38N6O2/c1-33-22-24-54-51(26-33)58-47-16-6-4-14-42(47)44-20-18-40(30-49(44)58)60-38-12-8-10-36(28-38)46-32-56-53(35(3)57-46)37-11-9-13-39(29-37)61-41-19-21-45-43-15-5-7-17-48(43)59(50(45)31-41)52-27-34(2)23-25-55-52/h4-32H,1-3H3/i32D. The van der Waals surface area contributed by atoms with Crippen LogP contribution in [0.5, 0.6) is 23.0 Å². The highest BCUT2D eigenvalue weighted by Crippen LogP contribution is 2.38. The van der Waals surface area contributed by atoms with Gasteiger partial charge in [0.25, 0.3) is 0 Å². The maximum atomic E-state index is 9.05. The lowest BCUT2D eigenvalue weighted by Gasteiger charge is -2.12. The van der Waals surface area contributed by atoms with E-state index in [1.165, 1.54) is 0 Å². The number of pyridine rings is 2. The highest BCUT2D eigenvalue weighted by Gasteiger charge is 2.17. The summed E-state index contributed by atoms with van der Waals surface area (Å²) in [5.41, 5.74) is 9.75. The highest BCUT2D eigenvalue weighted by molar-refractivity contribution is 6.10. The molecule has 0 unspecified atom stereocenters. The molecule has 8 nitrogen and oxygen atoms in total. The highest BCUT2D eigenvalue weighted by atomic mass is 16.5. The first kappa shape index (κ1) is 34.9. The second-order valence-electron chi connectivity index (χ2n) is 15.3. The van der Waals surface area contributed by atoms with Crippen molar-refractivity contribution < 1.29 is 10.8 Å². The lowest BCUT2D eigenvalue weighted by molar-refractivity contribution is 0.483. The largest absolute Gasteiger partial charge is 0.457 e. The Morgan fingerprint density at radius 3 is 1.49 bits per heavy atom. The van der Waals surface area contributed by atoms with Gasteiger partial charge in [0.15, 0.2) is 0 Å². The molecule has 61 heavy (non-hydrogen) atoms. The number of para-hydroxylation sites is 2. The first-order chi connectivity index (χ1) is 30.3. The van der Waals surface area contributed by atoms with Gasteiger partial charge in [-0.1, -0.05) is 60.7 Å². The lowest BCUT2D eigenvalue weighted by atomic mass is 10.1. The minimum Gasteiger partial charge on any atom is -0.457 e. The molecule has 0 bridgehead atoms. The molecule has 0 saturated carbocycles. The Labute approximate surface area is 353 Å². The Kier molecular flexibility index (Phi) is 8.36. The lowest BCUT2D eigenvalue weighted by Crippen LogP contribution is -1.98. The van der Waals surface area contributed by atoms with E-state index < -0.39 is 0 Å². The second kappa shape index (κ2) is 14.6. The summed E-state index contributed by atoms with van der Waals surface area (Å²) in [6, 6.07) is 52.7. The van der Waals surface area contributed by atoms with Gasteiger partial charge in [-0.3, -0.25) is 14.1 Å². The number of rotatable bonds is 8. The second-order valence-corrected chi connectivity index (χ2v) is 15.3. The van der Waals surface area contributed by atoms with E-state index in [1.807, 2.05) is 98.2 Å². The maximum Gasteiger partial charge on any atom is 0.137 e. The Hall–Kier alpha value is -8.10. The number of hydrogen-bond acceptors (Lipinski definition) is 6. The molecule has 0 aliphatic rings. The van der Waals surface area contributed by atoms with E-state index in [1.54, 1.807) is 0 Å². The summed E-state index contributed by atoms with van der Waals surface area (Å²) in [6.45, 7) is 6.07. The van der Waals surface area contributed by atoms with Crippen LogP contribution in [-0.2, 0) is 0 Å². The van der Waals surface area contributed by atoms with E-state index in [0.717, 1.165) is 77.5 Å². The number of fused-ring (bicyclic) bond motifs is 6. The molecular formula is C53H38N6O2. The number of benzene rings is 6. The van der Waals surface area contributed by atoms with Crippen LogP contribution in [0.1, 0.15) is 18.2 Å². The smallest absolute Gasteiger partial charge is 0.137 e. The van der Waals surface area contributed by atoms with Crippen LogP contribution < -0.4 is 9.47 Å². The summed E-state index contributed by atoms with van der Waals surface area (Å²) < 4.78 is 26.4. The summed E-state index contributed by atoms with van der Waals surface area (Å²) in [6.07, 6.45) is 3.75. The van der Waals surface area contributed by atoms with Gasteiger partial charge >= 0.3 is 0 Å². The summed E-state index contributed by atoms with van der Waals surface area (Å²) in [5.74, 6) is 4.35. The Balaban J connectivity index is 0.881. The molecule has 11 aromatic rings. The monoisotopic (exact) mass is 791 g/mol. The molecule has 0 atom stereocenters. The van der Waals surface area contributed by atoms with Gasteiger partial charge in [-0.15, -0.1) is 0 Å². The minimum absolute atomic E-state index is 0.0636. The zero-order valence-electron chi connectivity index (χ0n) is 34.7. The van der Waals surface area contributed by atoms with Crippen molar-refractivity contribution in [3.63, 3.8) is 0 Å². The van der Waals surface area contributed by atoms with E-state index >= 15 is 0 Å². The first-order valence-electron chi connectivity index (χ1n) is 20.7. The van der Waals surface area contributed by atoms with E-state index in [9.17, 15) is 0 Å². The molecule has 0 aliphatic heterocycles. The van der Waals surface area contributed by atoms with Crippen molar-refractivity contribution in [2.45, 2.75) is 20.8 Å². The predicted octanol–water partition coefficient (Wildman–Crippen LogP) is 13.3. The molecular weight excluding hydrogens is 753 g/mol. The molecule has 0 radical (unpaired) electrons. The number of aryl methyl sites for hydroxylation is 3. The van der Waals surface area contributed by atoms with Gasteiger partial charge in [-0.25, -0.2) is 15.0 Å². The fraction of sp³-hybridized carbons (Fsp3) is 0.0566. The quantitative estimate of drug-likeness (QED) is 0.152. The van der Waals surface area contributed by atoms with Gasteiger partial charge in [0.2, 0.25) is 0 Å². The molecule has 0 aliphatic carbocycles. The van der Waals surface area contributed by atoms with Crippen molar-refractivity contribution >= 4 is 43.6 Å². The third-order valence-electron chi connectivity index (χ3n) is 11.1. The summed E-state index contributed by atoms with van der Waals surface area (Å²) in [7, 11) is 0. The maximum absolute atomic E-state index is 9.05. The van der Waals surface area contributed by atoms with Gasteiger partial charge in [0, 0.05) is 57.2 Å². The van der Waals surface area contributed by atoms with Crippen LogP contribution in [0, 0.1) is 20.8 Å². The zero-order valence-corrected chi connectivity index (χ0v) is 33.7. The van der Waals surface area contributed by atoms with Crippen LogP contribution in [0.2, 0.25) is 0 Å². The van der Waals surface area contributed by atoms with E-state index in [4.69, 9.17) is 30.8 Å². The number of ether oxygens (including phenoxy) is 2. The van der Waals surface area contributed by atoms with Crippen LogP contribution in [0.15, 0.2) is 176 Å². The summed E-state index contributed by atoms with van der Waals surface area (Å²) in [4.78, 5) is 19.2. The van der Waals surface area contributed by atoms with Crippen molar-refractivity contribution in [3.05, 3.63) is 193 Å². The normalized spacial score (nSPS) is 11.8. The third-order valence-corrected chi connectivity index (χ3v) is 11.1. The molecule has 292 valence electrons. The molecule has 0 saturated heterocycles.